The number of hydrogen-bond donors (Lipinski definition) is 1. The summed E-state index contributed by atoms with van der Waals surface area (Å²) in [7, 11) is 4.50. The summed E-state index contributed by atoms with van der Waals surface area (Å²) in [6.07, 6.45) is 0. The van der Waals surface area contributed by atoms with Crippen LogP contribution in [0.3, 0.4) is 0 Å². The van der Waals surface area contributed by atoms with Gasteiger partial charge in [0.15, 0.2) is 11.5 Å². The summed E-state index contributed by atoms with van der Waals surface area (Å²) >= 11 is 0. The number of carbonyl (C=O) groups is 3. The zero-order chi connectivity index (χ0) is 22.2. The predicted octanol–water partition coefficient (Wildman–Crippen LogP) is 1.30. The van der Waals surface area contributed by atoms with Gasteiger partial charge < -0.3 is 18.9 Å². The highest BCUT2D eigenvalue weighted by Gasteiger charge is 2.66. The van der Waals surface area contributed by atoms with Crippen molar-refractivity contribution in [3.8, 4) is 17.2 Å². The molecule has 4 atom stereocenters. The largest absolute Gasteiger partial charge is 0.493 e. The summed E-state index contributed by atoms with van der Waals surface area (Å²) in [6.45, 7) is 5.46. The lowest BCUT2D eigenvalue weighted by Crippen LogP contribution is -2.54. The zero-order valence-corrected chi connectivity index (χ0v) is 18.1. The van der Waals surface area contributed by atoms with Crippen LogP contribution in [0.15, 0.2) is 12.1 Å². The van der Waals surface area contributed by atoms with Crippen LogP contribution in [-0.4, -0.2) is 62.7 Å². The molecule has 2 heterocycles. The van der Waals surface area contributed by atoms with Gasteiger partial charge in [-0.3, -0.25) is 24.6 Å². The minimum absolute atomic E-state index is 0.169. The van der Waals surface area contributed by atoms with Crippen LogP contribution in [0.2, 0.25) is 0 Å². The Kier molecular flexibility index (Phi) is 5.94. The van der Waals surface area contributed by atoms with E-state index in [0.717, 1.165) is 0 Å². The van der Waals surface area contributed by atoms with Gasteiger partial charge in [-0.2, -0.15) is 0 Å². The van der Waals surface area contributed by atoms with E-state index < -0.39 is 29.4 Å². The van der Waals surface area contributed by atoms with Gasteiger partial charge in [-0.15, -0.1) is 0 Å². The SMILES string of the molecule is CCOC(=O)[C@]1(C)N[C@@H](c2cc(OC)c(OC)c(OC)c2)[C@H]2C(=O)N(CC)C(=O)[C@@H]21. The van der Waals surface area contributed by atoms with E-state index in [4.69, 9.17) is 18.9 Å². The number of carbonyl (C=O) groups excluding carboxylic acids is 3. The second kappa shape index (κ2) is 8.14. The van der Waals surface area contributed by atoms with Crippen molar-refractivity contribution >= 4 is 17.8 Å². The summed E-state index contributed by atoms with van der Waals surface area (Å²) in [5, 5.41) is 3.22. The lowest BCUT2D eigenvalue weighted by molar-refractivity contribution is -0.155. The normalized spacial score (nSPS) is 27.8. The molecule has 1 aromatic carbocycles. The molecule has 0 bridgehead atoms. The van der Waals surface area contributed by atoms with Crippen LogP contribution in [0, 0.1) is 11.8 Å². The van der Waals surface area contributed by atoms with E-state index >= 15 is 0 Å². The van der Waals surface area contributed by atoms with Gasteiger partial charge in [0, 0.05) is 12.6 Å². The van der Waals surface area contributed by atoms with E-state index in [-0.39, 0.29) is 25.0 Å². The number of fused-ring (bicyclic) bond motifs is 1. The number of methoxy groups -OCH3 is 3. The second-order valence-electron chi connectivity index (χ2n) is 7.43. The monoisotopic (exact) mass is 420 g/mol. The number of imide groups is 1. The number of rotatable bonds is 7. The fourth-order valence-corrected chi connectivity index (χ4v) is 4.55. The summed E-state index contributed by atoms with van der Waals surface area (Å²) < 4.78 is 21.5. The first-order valence-electron chi connectivity index (χ1n) is 9.88. The lowest BCUT2D eigenvalue weighted by Gasteiger charge is -2.29. The van der Waals surface area contributed by atoms with E-state index in [2.05, 4.69) is 5.32 Å². The number of nitrogens with one attached hydrogen (secondary N) is 1. The molecule has 2 saturated heterocycles. The van der Waals surface area contributed by atoms with Crippen molar-refractivity contribution in [1.82, 2.24) is 10.2 Å². The molecular formula is C21H28N2O7. The van der Waals surface area contributed by atoms with E-state index in [1.165, 1.54) is 26.2 Å². The molecule has 2 aliphatic rings. The van der Waals surface area contributed by atoms with Crippen LogP contribution in [0.25, 0.3) is 0 Å². The average Bonchev–Trinajstić information content (AvgIpc) is 3.20. The molecule has 0 saturated carbocycles. The second-order valence-corrected chi connectivity index (χ2v) is 7.43. The van der Waals surface area contributed by atoms with Crippen molar-refractivity contribution in [3.63, 3.8) is 0 Å². The summed E-state index contributed by atoms with van der Waals surface area (Å²) in [5.74, 6) is -1.62. The number of nitrogens with zero attached hydrogens (tertiary/aromatic N) is 1. The number of likely N-dealkylation sites (tertiary alicyclic amines) is 1. The van der Waals surface area contributed by atoms with Crippen LogP contribution >= 0.6 is 0 Å². The van der Waals surface area contributed by atoms with Crippen molar-refractivity contribution < 1.29 is 33.3 Å². The van der Waals surface area contributed by atoms with Gasteiger partial charge in [0.2, 0.25) is 17.6 Å². The lowest BCUT2D eigenvalue weighted by atomic mass is 9.80. The Balaban J connectivity index is 2.15. The summed E-state index contributed by atoms with van der Waals surface area (Å²) in [4.78, 5) is 40.3. The Morgan fingerprint density at radius 1 is 1.07 bits per heavy atom. The molecule has 0 aromatic heterocycles. The first-order valence-corrected chi connectivity index (χ1v) is 9.88. The summed E-state index contributed by atoms with van der Waals surface area (Å²) in [6, 6.07) is 2.82. The number of ether oxygens (including phenoxy) is 4. The minimum atomic E-state index is -1.34. The Labute approximate surface area is 175 Å². The third-order valence-electron chi connectivity index (χ3n) is 5.94. The molecule has 9 nitrogen and oxygen atoms in total. The molecule has 2 amide bonds. The maximum Gasteiger partial charge on any atom is 0.326 e. The molecule has 0 unspecified atom stereocenters. The fourth-order valence-electron chi connectivity index (χ4n) is 4.55. The minimum Gasteiger partial charge on any atom is -0.493 e. The Bertz CT molecular complexity index is 846. The fraction of sp³-hybridized carbons (Fsp3) is 0.571. The molecule has 1 N–H and O–H groups in total. The highest BCUT2D eigenvalue weighted by molar-refractivity contribution is 6.09. The van der Waals surface area contributed by atoms with E-state index in [1.807, 2.05) is 0 Å². The first kappa shape index (κ1) is 21.9. The molecule has 0 aliphatic carbocycles. The van der Waals surface area contributed by atoms with Crippen molar-refractivity contribution in [2.45, 2.75) is 32.4 Å². The van der Waals surface area contributed by atoms with Crippen molar-refractivity contribution in [2.75, 3.05) is 34.5 Å². The molecule has 0 radical (unpaired) electrons. The Morgan fingerprint density at radius 2 is 1.67 bits per heavy atom. The van der Waals surface area contributed by atoms with E-state index in [9.17, 15) is 14.4 Å². The van der Waals surface area contributed by atoms with E-state index in [1.54, 1.807) is 32.9 Å². The van der Waals surface area contributed by atoms with Crippen LogP contribution in [0.1, 0.15) is 32.4 Å². The Hall–Kier alpha value is -2.81. The summed E-state index contributed by atoms with van der Waals surface area (Å²) in [5.41, 5.74) is -0.700. The van der Waals surface area contributed by atoms with Gasteiger partial charge in [0.1, 0.15) is 5.54 Å². The van der Waals surface area contributed by atoms with Crippen LogP contribution in [-0.2, 0) is 19.1 Å². The van der Waals surface area contributed by atoms with Gasteiger partial charge in [0.05, 0.1) is 39.8 Å². The number of benzene rings is 1. The molecule has 2 aliphatic heterocycles. The standard InChI is InChI=1S/C21H28N2O7/c1-7-23-18(24)14-15(19(23)25)21(3,20(26)30-8-2)22-16(14)11-9-12(27-4)17(29-6)13(10-11)28-5/h9-10,14-16,22H,7-8H2,1-6H3/t14-,15+,16-,21+/m0/s1. The Morgan fingerprint density at radius 3 is 2.13 bits per heavy atom. The molecule has 30 heavy (non-hydrogen) atoms. The van der Waals surface area contributed by atoms with Gasteiger partial charge in [-0.05, 0) is 38.5 Å². The first-order chi connectivity index (χ1) is 14.3. The highest BCUT2D eigenvalue weighted by atomic mass is 16.5. The highest BCUT2D eigenvalue weighted by Crippen LogP contribution is 2.51. The van der Waals surface area contributed by atoms with Gasteiger partial charge in [-0.25, -0.2) is 0 Å². The number of esters is 1. The van der Waals surface area contributed by atoms with Gasteiger partial charge in [0.25, 0.3) is 0 Å². The predicted molar refractivity (Wildman–Crippen MR) is 106 cm³/mol. The number of amides is 2. The topological polar surface area (TPSA) is 103 Å². The smallest absolute Gasteiger partial charge is 0.326 e. The van der Waals surface area contributed by atoms with E-state index in [0.29, 0.717) is 22.8 Å². The van der Waals surface area contributed by atoms with Crippen molar-refractivity contribution in [2.24, 2.45) is 11.8 Å². The van der Waals surface area contributed by atoms with Crippen molar-refractivity contribution in [3.05, 3.63) is 17.7 Å². The maximum atomic E-state index is 13.1. The third-order valence-corrected chi connectivity index (χ3v) is 5.94. The van der Waals surface area contributed by atoms with Crippen LogP contribution in [0.5, 0.6) is 17.2 Å². The molecule has 9 heteroatoms. The molecule has 0 spiro atoms. The average molecular weight is 420 g/mol. The van der Waals surface area contributed by atoms with Gasteiger partial charge in [-0.1, -0.05) is 0 Å². The molecule has 1 aromatic rings. The van der Waals surface area contributed by atoms with Crippen molar-refractivity contribution in [1.29, 1.82) is 0 Å². The maximum absolute atomic E-state index is 13.1. The molecule has 164 valence electrons. The molecule has 2 fully saturated rings. The van der Waals surface area contributed by atoms with Gasteiger partial charge >= 0.3 is 5.97 Å². The van der Waals surface area contributed by atoms with Crippen LogP contribution < -0.4 is 19.5 Å². The molecular weight excluding hydrogens is 392 g/mol. The molecule has 3 rings (SSSR count). The van der Waals surface area contributed by atoms with Crippen LogP contribution in [0.4, 0.5) is 0 Å². The quantitative estimate of drug-likeness (QED) is 0.520. The zero-order valence-electron chi connectivity index (χ0n) is 18.1. The number of hydrogen-bond acceptors (Lipinski definition) is 8. The third kappa shape index (κ3) is 3.08.